The first kappa shape index (κ1) is 13.0. The zero-order valence-corrected chi connectivity index (χ0v) is 10.5. The van der Waals surface area contributed by atoms with Crippen LogP contribution in [0.1, 0.15) is 23.2 Å². The number of aromatic amines is 1. The van der Waals surface area contributed by atoms with Gasteiger partial charge in [0.15, 0.2) is 0 Å². The van der Waals surface area contributed by atoms with E-state index >= 15 is 0 Å². The molecule has 0 saturated heterocycles. The van der Waals surface area contributed by atoms with Crippen LogP contribution in [0.25, 0.3) is 0 Å². The number of nitrogens with zero attached hydrogens (tertiary/aromatic N) is 2. The van der Waals surface area contributed by atoms with Crippen LogP contribution in [0.4, 0.5) is 19.0 Å². The van der Waals surface area contributed by atoms with Gasteiger partial charge in [-0.1, -0.05) is 0 Å². The average Bonchev–Trinajstić information content (AvgIpc) is 2.86. The summed E-state index contributed by atoms with van der Waals surface area (Å²) in [6.45, 7) is 0. The van der Waals surface area contributed by atoms with E-state index in [1.165, 1.54) is 11.6 Å². The molecular formula is C13H13F3N4. The number of aryl methyl sites for hydroxylation is 1. The molecule has 7 heteroatoms. The molecule has 1 aliphatic rings. The predicted octanol–water partition coefficient (Wildman–Crippen LogP) is 2.79. The number of H-pyrrole nitrogens is 1. The SMILES string of the molecule is FC(F)(F)c1ccc(N[C@@H]2CCc3cn[nH]c3C2)nc1. The first-order valence-corrected chi connectivity index (χ1v) is 6.33. The third-order valence-corrected chi connectivity index (χ3v) is 3.46. The molecule has 3 rings (SSSR count). The highest BCUT2D eigenvalue weighted by molar-refractivity contribution is 5.38. The van der Waals surface area contributed by atoms with Crippen molar-refractivity contribution in [1.29, 1.82) is 0 Å². The summed E-state index contributed by atoms with van der Waals surface area (Å²) in [5.74, 6) is 0.464. The van der Waals surface area contributed by atoms with Gasteiger partial charge < -0.3 is 5.32 Å². The highest BCUT2D eigenvalue weighted by Crippen LogP contribution is 2.29. The van der Waals surface area contributed by atoms with Crippen molar-refractivity contribution in [3.8, 4) is 0 Å². The first-order chi connectivity index (χ1) is 9.52. The highest BCUT2D eigenvalue weighted by atomic mass is 19.4. The molecule has 20 heavy (non-hydrogen) atoms. The summed E-state index contributed by atoms with van der Waals surface area (Å²) in [7, 11) is 0. The maximum atomic E-state index is 12.4. The Labute approximate surface area is 113 Å². The smallest absolute Gasteiger partial charge is 0.367 e. The van der Waals surface area contributed by atoms with Crippen molar-refractivity contribution in [2.75, 3.05) is 5.32 Å². The van der Waals surface area contributed by atoms with E-state index in [0.29, 0.717) is 5.82 Å². The number of anilines is 1. The summed E-state index contributed by atoms with van der Waals surface area (Å²) in [5.41, 5.74) is 1.56. The Balaban J connectivity index is 1.67. The second-order valence-corrected chi connectivity index (χ2v) is 4.89. The summed E-state index contributed by atoms with van der Waals surface area (Å²) >= 11 is 0. The van der Waals surface area contributed by atoms with Gasteiger partial charge in [-0.05, 0) is 30.5 Å². The third kappa shape index (κ3) is 2.61. The standard InChI is InChI=1S/C13H13F3N4/c14-13(15,16)9-2-4-12(17-7-9)19-10-3-1-8-6-18-20-11(8)5-10/h2,4,6-7,10H,1,3,5H2,(H,17,19)(H,18,20)/t10-/m1/s1. The normalized spacial score (nSPS) is 18.6. The van der Waals surface area contributed by atoms with Crippen molar-refractivity contribution >= 4 is 5.82 Å². The molecule has 2 heterocycles. The number of hydrogen-bond acceptors (Lipinski definition) is 3. The largest absolute Gasteiger partial charge is 0.417 e. The Morgan fingerprint density at radius 1 is 1.25 bits per heavy atom. The van der Waals surface area contributed by atoms with Crippen LogP contribution in [0, 0.1) is 0 Å². The van der Waals surface area contributed by atoms with Gasteiger partial charge in [0.2, 0.25) is 0 Å². The lowest BCUT2D eigenvalue weighted by Gasteiger charge is -2.23. The molecule has 0 unspecified atom stereocenters. The molecule has 0 aliphatic heterocycles. The van der Waals surface area contributed by atoms with E-state index in [-0.39, 0.29) is 6.04 Å². The molecule has 0 aromatic carbocycles. The molecule has 4 nitrogen and oxygen atoms in total. The van der Waals surface area contributed by atoms with Crippen LogP contribution in [-0.4, -0.2) is 21.2 Å². The number of aromatic nitrogens is 3. The van der Waals surface area contributed by atoms with Crippen molar-refractivity contribution in [2.45, 2.75) is 31.5 Å². The zero-order chi connectivity index (χ0) is 14.2. The summed E-state index contributed by atoms with van der Waals surface area (Å²) in [4.78, 5) is 3.83. The van der Waals surface area contributed by atoms with E-state index in [2.05, 4.69) is 20.5 Å². The van der Waals surface area contributed by atoms with Crippen LogP contribution in [0.15, 0.2) is 24.5 Å². The van der Waals surface area contributed by atoms with Crippen LogP contribution in [0.3, 0.4) is 0 Å². The number of hydrogen-bond donors (Lipinski definition) is 2. The van der Waals surface area contributed by atoms with Gasteiger partial charge in [-0.15, -0.1) is 0 Å². The lowest BCUT2D eigenvalue weighted by molar-refractivity contribution is -0.137. The lowest BCUT2D eigenvalue weighted by Crippen LogP contribution is -2.27. The average molecular weight is 282 g/mol. The van der Waals surface area contributed by atoms with Gasteiger partial charge in [0, 0.05) is 24.4 Å². The molecule has 0 fully saturated rings. The van der Waals surface area contributed by atoms with E-state index in [1.807, 2.05) is 6.20 Å². The molecule has 2 N–H and O–H groups in total. The second kappa shape index (κ2) is 4.81. The van der Waals surface area contributed by atoms with Gasteiger partial charge in [0.05, 0.1) is 11.8 Å². The van der Waals surface area contributed by atoms with Crippen molar-refractivity contribution in [2.24, 2.45) is 0 Å². The number of pyridine rings is 1. The minimum atomic E-state index is -4.35. The van der Waals surface area contributed by atoms with Crippen LogP contribution >= 0.6 is 0 Å². The highest BCUT2D eigenvalue weighted by Gasteiger charge is 2.30. The summed E-state index contributed by atoms with van der Waals surface area (Å²) in [6, 6.07) is 2.57. The van der Waals surface area contributed by atoms with Crippen molar-refractivity contribution in [1.82, 2.24) is 15.2 Å². The van der Waals surface area contributed by atoms with Crippen LogP contribution in [0.5, 0.6) is 0 Å². The van der Waals surface area contributed by atoms with E-state index in [4.69, 9.17) is 0 Å². The van der Waals surface area contributed by atoms with E-state index < -0.39 is 11.7 Å². The fourth-order valence-electron chi connectivity index (χ4n) is 2.39. The van der Waals surface area contributed by atoms with Crippen molar-refractivity contribution in [3.63, 3.8) is 0 Å². The van der Waals surface area contributed by atoms with Gasteiger partial charge in [-0.2, -0.15) is 18.3 Å². The molecule has 1 aliphatic carbocycles. The Morgan fingerprint density at radius 3 is 2.80 bits per heavy atom. The fraction of sp³-hybridized carbons (Fsp3) is 0.385. The molecular weight excluding hydrogens is 269 g/mol. The van der Waals surface area contributed by atoms with Crippen molar-refractivity contribution < 1.29 is 13.2 Å². The van der Waals surface area contributed by atoms with Gasteiger partial charge in [-0.25, -0.2) is 4.98 Å². The van der Waals surface area contributed by atoms with Crippen LogP contribution < -0.4 is 5.32 Å². The fourth-order valence-corrected chi connectivity index (χ4v) is 2.39. The lowest BCUT2D eigenvalue weighted by atomic mass is 9.94. The van der Waals surface area contributed by atoms with E-state index in [9.17, 15) is 13.2 Å². The Hall–Kier alpha value is -2.05. The molecule has 0 saturated carbocycles. The number of alkyl halides is 3. The number of fused-ring (bicyclic) bond motifs is 1. The first-order valence-electron chi connectivity index (χ1n) is 6.33. The molecule has 0 spiro atoms. The van der Waals surface area contributed by atoms with Crippen LogP contribution in [-0.2, 0) is 19.0 Å². The summed E-state index contributed by atoms with van der Waals surface area (Å²) in [5, 5.41) is 10.1. The van der Waals surface area contributed by atoms with Crippen molar-refractivity contribution in [3.05, 3.63) is 41.3 Å². The molecule has 2 aromatic rings. The number of halogens is 3. The number of nitrogens with one attached hydrogen (secondary N) is 2. The minimum Gasteiger partial charge on any atom is -0.367 e. The second-order valence-electron chi connectivity index (χ2n) is 4.89. The zero-order valence-electron chi connectivity index (χ0n) is 10.5. The number of rotatable bonds is 2. The van der Waals surface area contributed by atoms with Crippen LogP contribution in [0.2, 0.25) is 0 Å². The quantitative estimate of drug-likeness (QED) is 0.890. The molecule has 2 aromatic heterocycles. The molecule has 0 radical (unpaired) electrons. The van der Waals surface area contributed by atoms with E-state index in [1.54, 1.807) is 0 Å². The predicted molar refractivity (Wildman–Crippen MR) is 67.3 cm³/mol. The molecule has 0 bridgehead atoms. The topological polar surface area (TPSA) is 53.6 Å². The molecule has 106 valence electrons. The monoisotopic (exact) mass is 282 g/mol. The Kier molecular flexibility index (Phi) is 3.11. The van der Waals surface area contributed by atoms with E-state index in [0.717, 1.165) is 37.2 Å². The Bertz CT molecular complexity index is 588. The molecule has 1 atom stereocenters. The maximum absolute atomic E-state index is 12.4. The van der Waals surface area contributed by atoms with Gasteiger partial charge in [0.1, 0.15) is 5.82 Å². The van der Waals surface area contributed by atoms with Gasteiger partial charge in [0.25, 0.3) is 0 Å². The van der Waals surface area contributed by atoms with Gasteiger partial charge in [-0.3, -0.25) is 5.10 Å². The minimum absolute atomic E-state index is 0.159. The summed E-state index contributed by atoms with van der Waals surface area (Å²) < 4.78 is 37.3. The maximum Gasteiger partial charge on any atom is 0.417 e. The molecule has 0 amide bonds. The third-order valence-electron chi connectivity index (χ3n) is 3.46. The Morgan fingerprint density at radius 2 is 2.10 bits per heavy atom. The summed E-state index contributed by atoms with van der Waals surface area (Å²) in [6.07, 6.45) is 0.924. The van der Waals surface area contributed by atoms with Gasteiger partial charge >= 0.3 is 6.18 Å².